The maximum atomic E-state index is 9.74. The van der Waals surface area contributed by atoms with E-state index in [1.54, 1.807) is 6.07 Å². The second kappa shape index (κ2) is 4.80. The van der Waals surface area contributed by atoms with Crippen molar-refractivity contribution in [2.45, 2.75) is 31.7 Å². The minimum atomic E-state index is 0.136. The van der Waals surface area contributed by atoms with Crippen LogP contribution < -0.4 is 9.64 Å². The molecule has 2 aliphatic rings. The standard InChI is InChI=1S/C13H18ClN3O2/c1-19-12-15-10(14)7-11(16-12)17-6-2-3-13(4-5-13)9(17)8-18/h7,9,18H,2-6,8H2,1H3. The molecule has 1 aromatic rings. The normalized spacial score (nSPS) is 24.6. The molecule has 1 spiro atoms. The van der Waals surface area contributed by atoms with Gasteiger partial charge in [-0.25, -0.2) is 0 Å². The van der Waals surface area contributed by atoms with Crippen LogP contribution in [0.1, 0.15) is 25.7 Å². The van der Waals surface area contributed by atoms with E-state index in [-0.39, 0.29) is 24.1 Å². The highest BCUT2D eigenvalue weighted by Gasteiger charge is 2.53. The molecule has 104 valence electrons. The molecule has 1 saturated carbocycles. The lowest BCUT2D eigenvalue weighted by molar-refractivity contribution is 0.180. The van der Waals surface area contributed by atoms with Gasteiger partial charge in [-0.2, -0.15) is 9.97 Å². The first-order valence-electron chi connectivity index (χ1n) is 6.64. The molecule has 1 aliphatic carbocycles. The Hall–Kier alpha value is -1.07. The third-order valence-corrected chi connectivity index (χ3v) is 4.55. The largest absolute Gasteiger partial charge is 0.467 e. The first kappa shape index (κ1) is 12.9. The Balaban J connectivity index is 1.93. The molecular weight excluding hydrogens is 266 g/mol. The van der Waals surface area contributed by atoms with Crippen LogP contribution in [-0.4, -0.2) is 41.4 Å². The number of piperidine rings is 1. The molecular formula is C13H18ClN3O2. The van der Waals surface area contributed by atoms with Crippen LogP contribution in [0.15, 0.2) is 6.07 Å². The van der Waals surface area contributed by atoms with Crippen molar-refractivity contribution in [1.29, 1.82) is 0 Å². The van der Waals surface area contributed by atoms with E-state index in [1.807, 2.05) is 0 Å². The molecule has 0 amide bonds. The summed E-state index contributed by atoms with van der Waals surface area (Å²) in [5, 5.41) is 10.1. The van der Waals surface area contributed by atoms with E-state index in [0.717, 1.165) is 18.8 Å². The molecule has 1 atom stereocenters. The molecule has 1 aliphatic heterocycles. The van der Waals surface area contributed by atoms with E-state index < -0.39 is 0 Å². The van der Waals surface area contributed by atoms with Gasteiger partial charge in [-0.1, -0.05) is 11.6 Å². The summed E-state index contributed by atoms with van der Waals surface area (Å²) in [5.74, 6) is 0.752. The van der Waals surface area contributed by atoms with Crippen molar-refractivity contribution in [2.75, 3.05) is 25.2 Å². The fraction of sp³-hybridized carbons (Fsp3) is 0.692. The average Bonchev–Trinajstić information content (AvgIpc) is 3.17. The third-order valence-electron chi connectivity index (χ3n) is 4.36. The van der Waals surface area contributed by atoms with Crippen LogP contribution in [0.5, 0.6) is 6.01 Å². The number of halogens is 1. The zero-order valence-electron chi connectivity index (χ0n) is 11.0. The highest BCUT2D eigenvalue weighted by Crippen LogP contribution is 2.56. The third kappa shape index (κ3) is 2.25. The predicted octanol–water partition coefficient (Wildman–Crippen LogP) is 1.88. The number of methoxy groups -OCH3 is 1. The van der Waals surface area contributed by atoms with Gasteiger partial charge >= 0.3 is 6.01 Å². The van der Waals surface area contributed by atoms with Gasteiger partial charge < -0.3 is 14.7 Å². The van der Waals surface area contributed by atoms with E-state index in [1.165, 1.54) is 26.4 Å². The zero-order chi connectivity index (χ0) is 13.5. The molecule has 1 saturated heterocycles. The van der Waals surface area contributed by atoms with E-state index in [0.29, 0.717) is 5.15 Å². The number of aliphatic hydroxyl groups is 1. The van der Waals surface area contributed by atoms with E-state index in [4.69, 9.17) is 16.3 Å². The Morgan fingerprint density at radius 2 is 2.26 bits per heavy atom. The van der Waals surface area contributed by atoms with Gasteiger partial charge in [-0.3, -0.25) is 0 Å². The van der Waals surface area contributed by atoms with Crippen LogP contribution in [0.25, 0.3) is 0 Å². The van der Waals surface area contributed by atoms with Crippen molar-refractivity contribution >= 4 is 17.4 Å². The molecule has 1 unspecified atom stereocenters. The van der Waals surface area contributed by atoms with Crippen LogP contribution in [0.2, 0.25) is 5.15 Å². The van der Waals surface area contributed by atoms with Gasteiger partial charge in [0.1, 0.15) is 11.0 Å². The molecule has 2 heterocycles. The second-order valence-corrected chi connectivity index (χ2v) is 5.78. The summed E-state index contributed by atoms with van der Waals surface area (Å²) < 4.78 is 5.07. The fourth-order valence-corrected chi connectivity index (χ4v) is 3.36. The Morgan fingerprint density at radius 1 is 1.47 bits per heavy atom. The van der Waals surface area contributed by atoms with Crippen molar-refractivity contribution in [1.82, 2.24) is 9.97 Å². The lowest BCUT2D eigenvalue weighted by Gasteiger charge is -2.41. The minimum Gasteiger partial charge on any atom is -0.467 e. The SMILES string of the molecule is COc1nc(Cl)cc(N2CCCC3(CC3)C2CO)n1. The molecule has 0 bridgehead atoms. The molecule has 3 rings (SSSR count). The Morgan fingerprint density at radius 3 is 2.89 bits per heavy atom. The van der Waals surface area contributed by atoms with Crippen molar-refractivity contribution in [3.8, 4) is 6.01 Å². The Labute approximate surface area is 117 Å². The van der Waals surface area contributed by atoms with Crippen molar-refractivity contribution in [3.63, 3.8) is 0 Å². The minimum absolute atomic E-state index is 0.136. The number of aliphatic hydroxyl groups excluding tert-OH is 1. The Bertz CT molecular complexity index is 479. The molecule has 1 N–H and O–H groups in total. The lowest BCUT2D eigenvalue weighted by atomic mass is 9.86. The van der Waals surface area contributed by atoms with Crippen LogP contribution in [0, 0.1) is 5.41 Å². The highest BCUT2D eigenvalue weighted by atomic mass is 35.5. The maximum Gasteiger partial charge on any atom is 0.319 e. The summed E-state index contributed by atoms with van der Waals surface area (Å²) >= 11 is 6.01. The predicted molar refractivity (Wildman–Crippen MR) is 72.7 cm³/mol. The number of nitrogens with zero attached hydrogens (tertiary/aromatic N) is 3. The van der Waals surface area contributed by atoms with Gasteiger partial charge in [0.25, 0.3) is 0 Å². The van der Waals surface area contributed by atoms with Crippen LogP contribution in [-0.2, 0) is 0 Å². The van der Waals surface area contributed by atoms with Gasteiger partial charge in [-0.05, 0) is 31.1 Å². The summed E-state index contributed by atoms with van der Waals surface area (Å²) in [4.78, 5) is 10.5. The fourth-order valence-electron chi connectivity index (χ4n) is 3.19. The monoisotopic (exact) mass is 283 g/mol. The summed E-state index contributed by atoms with van der Waals surface area (Å²) in [5.41, 5.74) is 0.289. The van der Waals surface area contributed by atoms with Crippen LogP contribution in [0.3, 0.4) is 0 Å². The molecule has 19 heavy (non-hydrogen) atoms. The number of anilines is 1. The number of aromatic nitrogens is 2. The van der Waals surface area contributed by atoms with Gasteiger partial charge in [0.15, 0.2) is 0 Å². The highest BCUT2D eigenvalue weighted by molar-refractivity contribution is 6.29. The molecule has 6 heteroatoms. The van der Waals surface area contributed by atoms with Crippen molar-refractivity contribution in [3.05, 3.63) is 11.2 Å². The quantitative estimate of drug-likeness (QED) is 0.859. The number of hydrogen-bond acceptors (Lipinski definition) is 5. The maximum absolute atomic E-state index is 9.74. The molecule has 0 aromatic carbocycles. The number of rotatable bonds is 3. The molecule has 1 aromatic heterocycles. The van der Waals surface area contributed by atoms with Gasteiger partial charge in [0, 0.05) is 12.6 Å². The smallest absolute Gasteiger partial charge is 0.319 e. The van der Waals surface area contributed by atoms with Gasteiger partial charge in [-0.15, -0.1) is 0 Å². The molecule has 0 radical (unpaired) electrons. The number of ether oxygens (including phenoxy) is 1. The molecule has 5 nitrogen and oxygen atoms in total. The summed E-state index contributed by atoms with van der Waals surface area (Å²) in [6, 6.07) is 2.15. The lowest BCUT2D eigenvalue weighted by Crippen LogP contribution is -2.49. The van der Waals surface area contributed by atoms with Crippen LogP contribution >= 0.6 is 11.6 Å². The van der Waals surface area contributed by atoms with Gasteiger partial charge in [0.05, 0.1) is 19.8 Å². The number of hydrogen-bond donors (Lipinski definition) is 1. The summed E-state index contributed by atoms with van der Waals surface area (Å²) in [7, 11) is 1.53. The summed E-state index contributed by atoms with van der Waals surface area (Å²) in [6.07, 6.45) is 4.72. The first-order chi connectivity index (χ1) is 9.18. The van der Waals surface area contributed by atoms with Crippen molar-refractivity contribution < 1.29 is 9.84 Å². The molecule has 2 fully saturated rings. The van der Waals surface area contributed by atoms with Crippen molar-refractivity contribution in [2.24, 2.45) is 5.41 Å². The Kier molecular flexibility index (Phi) is 3.27. The average molecular weight is 284 g/mol. The zero-order valence-corrected chi connectivity index (χ0v) is 11.7. The van der Waals surface area contributed by atoms with E-state index >= 15 is 0 Å². The first-order valence-corrected chi connectivity index (χ1v) is 7.02. The summed E-state index contributed by atoms with van der Waals surface area (Å²) in [6.45, 7) is 1.05. The topological polar surface area (TPSA) is 58.5 Å². The van der Waals surface area contributed by atoms with Crippen LogP contribution in [0.4, 0.5) is 5.82 Å². The van der Waals surface area contributed by atoms with E-state index in [2.05, 4.69) is 14.9 Å². The van der Waals surface area contributed by atoms with Gasteiger partial charge in [0.2, 0.25) is 0 Å². The second-order valence-electron chi connectivity index (χ2n) is 5.39. The van der Waals surface area contributed by atoms with E-state index in [9.17, 15) is 5.11 Å².